The average Bonchev–Trinajstić information content (AvgIpc) is 3.27. The second-order valence-corrected chi connectivity index (χ2v) is 6.67. The SMILES string of the molecule is C[C@H](c1ccccc1)n1c(=O)n(C)c2cnc(-c3cnn4ccncc34)nc21. The largest absolute Gasteiger partial charge is 0.330 e. The van der Waals surface area contributed by atoms with Crippen molar-refractivity contribution >= 4 is 16.7 Å². The van der Waals surface area contributed by atoms with E-state index in [0.29, 0.717) is 17.0 Å². The Labute approximate surface area is 159 Å². The molecule has 0 fully saturated rings. The van der Waals surface area contributed by atoms with Crippen LogP contribution < -0.4 is 5.69 Å². The summed E-state index contributed by atoms with van der Waals surface area (Å²) in [6, 6.07) is 9.75. The van der Waals surface area contributed by atoms with E-state index < -0.39 is 0 Å². The van der Waals surface area contributed by atoms with Crippen LogP contribution in [0.5, 0.6) is 0 Å². The van der Waals surface area contributed by atoms with E-state index in [2.05, 4.69) is 15.1 Å². The zero-order chi connectivity index (χ0) is 19.3. The molecule has 0 aliphatic heterocycles. The molecule has 0 saturated heterocycles. The molecule has 0 radical (unpaired) electrons. The molecule has 28 heavy (non-hydrogen) atoms. The highest BCUT2D eigenvalue weighted by Gasteiger charge is 2.20. The molecular weight excluding hydrogens is 354 g/mol. The summed E-state index contributed by atoms with van der Waals surface area (Å²) in [4.78, 5) is 26.3. The molecule has 0 bridgehead atoms. The Balaban J connectivity index is 1.75. The molecule has 5 aromatic rings. The van der Waals surface area contributed by atoms with Gasteiger partial charge in [0.2, 0.25) is 0 Å². The number of aryl methyl sites for hydroxylation is 1. The topological polar surface area (TPSA) is 82.9 Å². The molecule has 138 valence electrons. The van der Waals surface area contributed by atoms with Gasteiger partial charge in [-0.25, -0.2) is 19.3 Å². The molecule has 8 heteroatoms. The monoisotopic (exact) mass is 371 g/mol. The van der Waals surface area contributed by atoms with Crippen LogP contribution in [0.15, 0.2) is 66.1 Å². The van der Waals surface area contributed by atoms with Crippen LogP contribution in [-0.4, -0.2) is 33.7 Å². The number of nitrogens with zero attached hydrogens (tertiary/aromatic N) is 7. The van der Waals surface area contributed by atoms with Gasteiger partial charge >= 0.3 is 5.69 Å². The van der Waals surface area contributed by atoms with Gasteiger partial charge in [0.05, 0.1) is 35.7 Å². The third kappa shape index (κ3) is 2.34. The van der Waals surface area contributed by atoms with E-state index in [4.69, 9.17) is 4.98 Å². The Morgan fingerprint density at radius 3 is 2.68 bits per heavy atom. The molecule has 5 rings (SSSR count). The summed E-state index contributed by atoms with van der Waals surface area (Å²) < 4.78 is 5.01. The number of fused-ring (bicyclic) bond motifs is 2. The van der Waals surface area contributed by atoms with Crippen molar-refractivity contribution in [1.82, 2.24) is 33.7 Å². The second-order valence-electron chi connectivity index (χ2n) is 6.67. The van der Waals surface area contributed by atoms with Crippen molar-refractivity contribution in [3.63, 3.8) is 0 Å². The first-order valence-corrected chi connectivity index (χ1v) is 8.92. The maximum Gasteiger partial charge on any atom is 0.330 e. The molecule has 8 nitrogen and oxygen atoms in total. The lowest BCUT2D eigenvalue weighted by Crippen LogP contribution is -2.25. The summed E-state index contributed by atoms with van der Waals surface area (Å²) in [5.41, 5.74) is 3.77. The van der Waals surface area contributed by atoms with Gasteiger partial charge in [0.25, 0.3) is 0 Å². The van der Waals surface area contributed by atoms with Crippen LogP contribution in [0.1, 0.15) is 18.5 Å². The van der Waals surface area contributed by atoms with E-state index in [0.717, 1.165) is 16.6 Å². The van der Waals surface area contributed by atoms with Crippen LogP contribution in [0.25, 0.3) is 28.1 Å². The van der Waals surface area contributed by atoms with Crippen molar-refractivity contribution in [3.8, 4) is 11.4 Å². The highest BCUT2D eigenvalue weighted by Crippen LogP contribution is 2.25. The highest BCUT2D eigenvalue weighted by atomic mass is 16.1. The summed E-state index contributed by atoms with van der Waals surface area (Å²) in [5, 5.41) is 4.33. The predicted molar refractivity (Wildman–Crippen MR) is 105 cm³/mol. The van der Waals surface area contributed by atoms with Gasteiger partial charge in [-0.15, -0.1) is 0 Å². The molecule has 4 aromatic heterocycles. The summed E-state index contributed by atoms with van der Waals surface area (Å²) >= 11 is 0. The van der Waals surface area contributed by atoms with Crippen molar-refractivity contribution in [1.29, 1.82) is 0 Å². The Kier molecular flexibility index (Phi) is 3.58. The molecule has 0 aliphatic rings. The second kappa shape index (κ2) is 6.12. The molecule has 1 atom stereocenters. The molecule has 0 aliphatic carbocycles. The third-order valence-corrected chi connectivity index (χ3v) is 5.07. The average molecular weight is 371 g/mol. The van der Waals surface area contributed by atoms with Crippen molar-refractivity contribution in [2.24, 2.45) is 7.05 Å². The maximum atomic E-state index is 12.9. The van der Waals surface area contributed by atoms with Gasteiger partial charge < -0.3 is 0 Å². The molecule has 0 N–H and O–H groups in total. The maximum absolute atomic E-state index is 12.9. The van der Waals surface area contributed by atoms with Gasteiger partial charge in [-0.05, 0) is 12.5 Å². The van der Waals surface area contributed by atoms with Crippen molar-refractivity contribution in [2.45, 2.75) is 13.0 Å². The van der Waals surface area contributed by atoms with E-state index in [1.165, 1.54) is 0 Å². The number of hydrogen-bond acceptors (Lipinski definition) is 5. The standard InChI is InChI=1S/C20H17N7O/c1-13(14-6-4-3-5-7-14)27-19-17(25(2)20(27)28)12-22-18(24-19)15-10-23-26-9-8-21-11-16(15)26/h3-13H,1-2H3/t13-/m1/s1. The van der Waals surface area contributed by atoms with E-state index in [9.17, 15) is 4.79 Å². The van der Waals surface area contributed by atoms with Crippen LogP contribution >= 0.6 is 0 Å². The first-order valence-electron chi connectivity index (χ1n) is 8.92. The minimum atomic E-state index is -0.161. The minimum Gasteiger partial charge on any atom is -0.292 e. The van der Waals surface area contributed by atoms with E-state index >= 15 is 0 Å². The molecule has 0 amide bonds. The van der Waals surface area contributed by atoms with Gasteiger partial charge in [0, 0.05) is 19.4 Å². The van der Waals surface area contributed by atoms with Crippen molar-refractivity contribution in [3.05, 3.63) is 77.4 Å². The Morgan fingerprint density at radius 1 is 1.04 bits per heavy atom. The Bertz CT molecular complexity index is 1360. The molecule has 0 unspecified atom stereocenters. The highest BCUT2D eigenvalue weighted by molar-refractivity contribution is 5.79. The van der Waals surface area contributed by atoms with Crippen LogP contribution in [0.3, 0.4) is 0 Å². The number of hydrogen-bond donors (Lipinski definition) is 0. The van der Waals surface area contributed by atoms with E-state index in [1.807, 2.05) is 37.3 Å². The summed E-state index contributed by atoms with van der Waals surface area (Å²) in [6.07, 6.45) is 8.56. The summed E-state index contributed by atoms with van der Waals surface area (Å²) in [7, 11) is 1.74. The fourth-order valence-electron chi connectivity index (χ4n) is 3.50. The number of imidazole rings is 1. The van der Waals surface area contributed by atoms with Crippen LogP contribution in [0, 0.1) is 0 Å². The molecule has 1 aromatic carbocycles. The van der Waals surface area contributed by atoms with Gasteiger partial charge in [-0.1, -0.05) is 30.3 Å². The number of aromatic nitrogens is 7. The summed E-state index contributed by atoms with van der Waals surface area (Å²) in [5.74, 6) is 0.509. The fourth-order valence-corrected chi connectivity index (χ4v) is 3.50. The molecular formula is C20H17N7O. The molecule has 0 saturated carbocycles. The lowest BCUT2D eigenvalue weighted by atomic mass is 10.1. The van der Waals surface area contributed by atoms with Crippen LogP contribution in [-0.2, 0) is 7.05 Å². The van der Waals surface area contributed by atoms with Gasteiger partial charge in [0.15, 0.2) is 11.5 Å². The third-order valence-electron chi connectivity index (χ3n) is 5.07. The van der Waals surface area contributed by atoms with Crippen molar-refractivity contribution < 1.29 is 0 Å². The quantitative estimate of drug-likeness (QED) is 0.486. The van der Waals surface area contributed by atoms with Crippen LogP contribution in [0.4, 0.5) is 0 Å². The van der Waals surface area contributed by atoms with E-state index in [1.54, 1.807) is 51.7 Å². The lowest BCUT2D eigenvalue weighted by Gasteiger charge is -2.13. The van der Waals surface area contributed by atoms with Crippen LogP contribution in [0.2, 0.25) is 0 Å². The first-order chi connectivity index (χ1) is 13.6. The number of benzene rings is 1. The van der Waals surface area contributed by atoms with E-state index in [-0.39, 0.29) is 11.7 Å². The zero-order valence-corrected chi connectivity index (χ0v) is 15.4. The molecule has 4 heterocycles. The lowest BCUT2D eigenvalue weighted by molar-refractivity contribution is 0.613. The van der Waals surface area contributed by atoms with Gasteiger partial charge in [0.1, 0.15) is 5.52 Å². The minimum absolute atomic E-state index is 0.126. The summed E-state index contributed by atoms with van der Waals surface area (Å²) in [6.45, 7) is 2.00. The zero-order valence-electron chi connectivity index (χ0n) is 15.4. The number of rotatable bonds is 3. The van der Waals surface area contributed by atoms with Gasteiger partial charge in [-0.2, -0.15) is 5.10 Å². The molecule has 0 spiro atoms. The Morgan fingerprint density at radius 2 is 1.86 bits per heavy atom. The fraction of sp³-hybridized carbons (Fsp3) is 0.150. The smallest absolute Gasteiger partial charge is 0.292 e. The first kappa shape index (κ1) is 16.4. The predicted octanol–water partition coefficient (Wildman–Crippen LogP) is 2.45. The van der Waals surface area contributed by atoms with Crippen molar-refractivity contribution in [2.75, 3.05) is 0 Å². The Hall–Kier alpha value is -3.81. The normalized spacial score (nSPS) is 12.6. The van der Waals surface area contributed by atoms with Gasteiger partial charge in [-0.3, -0.25) is 14.1 Å².